The number of benzene rings is 2. The smallest absolute Gasteiger partial charge is 0.239 e. The van der Waals surface area contributed by atoms with E-state index in [2.05, 4.69) is 68.0 Å². The van der Waals surface area contributed by atoms with E-state index in [1.165, 1.54) is 15.4 Å². The van der Waals surface area contributed by atoms with E-state index in [4.69, 9.17) is 0 Å². The van der Waals surface area contributed by atoms with Crippen LogP contribution < -0.4 is 10.2 Å². The zero-order valence-corrected chi connectivity index (χ0v) is 23.8. The first-order chi connectivity index (χ1) is 18.8. The first kappa shape index (κ1) is 31.5. The van der Waals surface area contributed by atoms with Gasteiger partial charge in [-0.05, 0) is 42.1 Å². The van der Waals surface area contributed by atoms with Gasteiger partial charge in [0.05, 0.1) is 6.33 Å². The number of hydrogen-bond donors (Lipinski definition) is 1. The molecular weight excluding hydrogens is 524 g/mol. The molecule has 0 bridgehead atoms. The second kappa shape index (κ2) is 15.1. The van der Waals surface area contributed by atoms with Crippen molar-refractivity contribution >= 4 is 22.9 Å². The monoisotopic (exact) mass is 567 g/mol. The van der Waals surface area contributed by atoms with Gasteiger partial charge in [-0.3, -0.25) is 13.9 Å². The van der Waals surface area contributed by atoms with Crippen LogP contribution in [0.4, 0.5) is 5.69 Å². The highest BCUT2D eigenvalue weighted by Crippen LogP contribution is 2.20. The maximum atomic E-state index is 13.1. The molecule has 2 heterocycles. The van der Waals surface area contributed by atoms with Crippen LogP contribution in [0.25, 0.3) is 0 Å². The molecule has 1 aromatic heterocycles. The lowest BCUT2D eigenvalue weighted by Crippen LogP contribution is -2.59. The number of rotatable bonds is 12. The lowest BCUT2D eigenvalue weighted by atomic mass is 9.97. The molecule has 1 N–H and O–H groups in total. The summed E-state index contributed by atoms with van der Waals surface area (Å²) in [6, 6.07) is 18.0. The molecule has 1 aliphatic heterocycles. The number of amides is 1. The van der Waals surface area contributed by atoms with Crippen molar-refractivity contribution < 1.29 is 13.6 Å². The molecule has 1 saturated heterocycles. The summed E-state index contributed by atoms with van der Waals surface area (Å²) >= 11 is -2.45. The van der Waals surface area contributed by atoms with Crippen LogP contribution >= 0.6 is 0 Å². The molecular formula is C30H43N6O3S-. The summed E-state index contributed by atoms with van der Waals surface area (Å²) in [5.74, 6) is 0.131. The number of anilines is 1. The quantitative estimate of drug-likeness (QED) is 0.338. The molecule has 0 aliphatic carbocycles. The minimum Gasteiger partial charge on any atom is -0.760 e. The number of carbonyl (C=O) groups is 1. The Morgan fingerprint density at radius 1 is 1.15 bits per heavy atom. The number of aromatic nitrogens is 2. The number of piperazine rings is 1. The van der Waals surface area contributed by atoms with Gasteiger partial charge in [-0.2, -0.15) is 0 Å². The van der Waals surface area contributed by atoms with Gasteiger partial charge in [-0.15, -0.1) is 0 Å². The average molecular weight is 568 g/mol. The second-order valence-corrected chi connectivity index (χ2v) is 11.3. The van der Waals surface area contributed by atoms with Crippen molar-refractivity contribution in [1.29, 1.82) is 0 Å². The van der Waals surface area contributed by atoms with E-state index in [0.29, 0.717) is 45.1 Å². The summed E-state index contributed by atoms with van der Waals surface area (Å²) in [5.41, 5.74) is 4.61. The Kier molecular flexibility index (Phi) is 11.9. The fraction of sp³-hybridized carbons (Fsp3) is 0.467. The molecule has 0 saturated carbocycles. The van der Waals surface area contributed by atoms with Gasteiger partial charge in [-0.1, -0.05) is 56.8 Å². The molecule has 3 unspecified atom stereocenters. The van der Waals surface area contributed by atoms with Crippen molar-refractivity contribution in [3.8, 4) is 0 Å². The largest absolute Gasteiger partial charge is 0.760 e. The standard InChI is InChI=1S/C29H40N6O3S.CH4/c1-23(25-7-5-4-6-8-25)14-16-33-17-18-35(39(37)38)28(21-33)29(36)31-15-13-27-19-30-22-34(27)20-24-9-11-26(12-10-24)32(2)3;/h4-12,19,22-23,28H,13-18,20-21H2,1-3H3,(H,31,36)(H,37,38);1H4/p-1. The Morgan fingerprint density at radius 2 is 1.88 bits per heavy atom. The van der Waals surface area contributed by atoms with Gasteiger partial charge >= 0.3 is 0 Å². The minimum atomic E-state index is -2.45. The van der Waals surface area contributed by atoms with Crippen LogP contribution in [0.1, 0.15) is 43.5 Å². The fourth-order valence-electron chi connectivity index (χ4n) is 4.97. The molecule has 1 aliphatic rings. The molecule has 0 spiro atoms. The third kappa shape index (κ3) is 8.47. The Hall–Kier alpha value is -3.05. The maximum absolute atomic E-state index is 13.1. The zero-order valence-electron chi connectivity index (χ0n) is 23.0. The highest BCUT2D eigenvalue weighted by atomic mass is 32.2. The number of imidazole rings is 1. The minimum absolute atomic E-state index is 0. The van der Waals surface area contributed by atoms with E-state index < -0.39 is 17.3 Å². The molecule has 4 rings (SSSR count). The van der Waals surface area contributed by atoms with Crippen LogP contribution in [-0.2, 0) is 29.0 Å². The molecule has 9 nitrogen and oxygen atoms in total. The molecule has 218 valence electrons. The van der Waals surface area contributed by atoms with E-state index in [1.54, 1.807) is 6.33 Å². The Morgan fingerprint density at radius 3 is 2.55 bits per heavy atom. The normalized spacial score (nSPS) is 17.6. The van der Waals surface area contributed by atoms with Crippen molar-refractivity contribution in [2.75, 3.05) is 51.7 Å². The first-order valence-corrected chi connectivity index (χ1v) is 14.5. The van der Waals surface area contributed by atoms with Crippen molar-refractivity contribution in [2.45, 2.75) is 45.7 Å². The molecule has 40 heavy (non-hydrogen) atoms. The van der Waals surface area contributed by atoms with Crippen LogP contribution in [0.5, 0.6) is 0 Å². The molecule has 3 atom stereocenters. The first-order valence-electron chi connectivity index (χ1n) is 13.5. The lowest BCUT2D eigenvalue weighted by Gasteiger charge is -2.41. The van der Waals surface area contributed by atoms with Gasteiger partial charge < -0.3 is 19.3 Å². The highest BCUT2D eigenvalue weighted by molar-refractivity contribution is 7.76. The predicted molar refractivity (Wildman–Crippen MR) is 161 cm³/mol. The van der Waals surface area contributed by atoms with Crippen molar-refractivity contribution in [2.24, 2.45) is 0 Å². The third-order valence-electron chi connectivity index (χ3n) is 7.44. The summed E-state index contributed by atoms with van der Waals surface area (Å²) in [6.07, 6.45) is 5.16. The number of hydrogen-bond acceptors (Lipinski definition) is 6. The molecule has 1 amide bonds. The van der Waals surface area contributed by atoms with Crippen LogP contribution in [0, 0.1) is 0 Å². The number of nitrogens with one attached hydrogen (secondary N) is 1. The SMILES string of the molecule is C.CC(CCN1CCN(S(=O)[O-])C(C(=O)NCCc2cncn2Cc2ccc(N(C)C)cc2)C1)c1ccccc1. The second-order valence-electron chi connectivity index (χ2n) is 10.4. The molecule has 10 heteroatoms. The van der Waals surface area contributed by atoms with Gasteiger partial charge in [0.1, 0.15) is 6.04 Å². The topological polar surface area (TPSA) is 96.8 Å². The summed E-state index contributed by atoms with van der Waals surface area (Å²) in [7, 11) is 4.03. The van der Waals surface area contributed by atoms with Crippen molar-refractivity contribution in [3.63, 3.8) is 0 Å². The third-order valence-corrected chi connectivity index (χ3v) is 8.26. The Bertz CT molecular complexity index is 1220. The van der Waals surface area contributed by atoms with Gasteiger partial charge in [0.2, 0.25) is 5.91 Å². The molecule has 2 aromatic carbocycles. The van der Waals surface area contributed by atoms with Crippen molar-refractivity contribution in [1.82, 2.24) is 24.1 Å². The maximum Gasteiger partial charge on any atom is 0.239 e. The van der Waals surface area contributed by atoms with Gasteiger partial charge in [0.15, 0.2) is 0 Å². The van der Waals surface area contributed by atoms with Gasteiger partial charge in [0, 0.05) is 82.1 Å². The number of nitrogens with zero attached hydrogens (tertiary/aromatic N) is 5. The predicted octanol–water partition coefficient (Wildman–Crippen LogP) is 3.27. The van der Waals surface area contributed by atoms with Gasteiger partial charge in [-0.25, -0.2) is 9.29 Å². The molecule has 0 radical (unpaired) electrons. The molecule has 1 fully saturated rings. The molecule has 3 aromatic rings. The highest BCUT2D eigenvalue weighted by Gasteiger charge is 2.33. The van der Waals surface area contributed by atoms with Crippen LogP contribution in [0.2, 0.25) is 0 Å². The van der Waals surface area contributed by atoms with E-state index in [1.807, 2.05) is 38.5 Å². The fourth-order valence-corrected chi connectivity index (χ4v) is 5.57. The summed E-state index contributed by atoms with van der Waals surface area (Å²) < 4.78 is 27.1. The Labute approximate surface area is 241 Å². The van der Waals surface area contributed by atoms with E-state index in [9.17, 15) is 13.6 Å². The van der Waals surface area contributed by atoms with E-state index in [0.717, 1.165) is 24.3 Å². The van der Waals surface area contributed by atoms with E-state index >= 15 is 0 Å². The number of carbonyl (C=O) groups excluding carboxylic acids is 1. The van der Waals surface area contributed by atoms with E-state index in [-0.39, 0.29) is 13.3 Å². The summed E-state index contributed by atoms with van der Waals surface area (Å²) in [4.78, 5) is 21.7. The van der Waals surface area contributed by atoms with Crippen LogP contribution in [0.3, 0.4) is 0 Å². The summed E-state index contributed by atoms with van der Waals surface area (Å²) in [5, 5.41) is 2.97. The average Bonchev–Trinajstić information content (AvgIpc) is 3.38. The van der Waals surface area contributed by atoms with Crippen molar-refractivity contribution in [3.05, 3.63) is 83.9 Å². The lowest BCUT2D eigenvalue weighted by molar-refractivity contribution is -0.126. The Balaban J connectivity index is 0.00000441. The van der Waals surface area contributed by atoms with Crippen LogP contribution in [-0.4, -0.2) is 86.3 Å². The van der Waals surface area contributed by atoms with Gasteiger partial charge in [0.25, 0.3) is 0 Å². The van der Waals surface area contributed by atoms with Crippen LogP contribution in [0.15, 0.2) is 67.1 Å². The summed E-state index contributed by atoms with van der Waals surface area (Å²) in [6.45, 7) is 5.44. The zero-order chi connectivity index (χ0) is 27.8.